The molecule has 0 saturated carbocycles. The van der Waals surface area contributed by atoms with Gasteiger partial charge in [0, 0.05) is 16.7 Å². The molecule has 0 heterocycles. The number of aromatic carboxylic acids is 1. The van der Waals surface area contributed by atoms with E-state index >= 15 is 0 Å². The van der Waals surface area contributed by atoms with E-state index in [9.17, 15) is 13.2 Å². The van der Waals surface area contributed by atoms with E-state index in [0.717, 1.165) is 6.42 Å². The summed E-state index contributed by atoms with van der Waals surface area (Å²) in [5.41, 5.74) is 0.00147. The highest BCUT2D eigenvalue weighted by atomic mass is 127. The zero-order valence-electron chi connectivity index (χ0n) is 12.5. The molecule has 0 aliphatic carbocycles. The van der Waals surface area contributed by atoms with Crippen molar-refractivity contribution in [3.05, 3.63) is 27.3 Å². The van der Waals surface area contributed by atoms with Crippen molar-refractivity contribution in [2.45, 2.75) is 38.1 Å². The highest BCUT2D eigenvalue weighted by molar-refractivity contribution is 14.1. The van der Waals surface area contributed by atoms with Gasteiger partial charge >= 0.3 is 5.97 Å². The average molecular weight is 425 g/mol. The van der Waals surface area contributed by atoms with Crippen LogP contribution in [0.2, 0.25) is 0 Å². The quantitative estimate of drug-likeness (QED) is 0.712. The van der Waals surface area contributed by atoms with Crippen LogP contribution in [0.25, 0.3) is 0 Å². The minimum Gasteiger partial charge on any atom is -0.478 e. The Labute approximate surface area is 139 Å². The van der Waals surface area contributed by atoms with Gasteiger partial charge in [0.25, 0.3) is 0 Å². The van der Waals surface area contributed by atoms with Crippen molar-refractivity contribution in [3.8, 4) is 0 Å². The lowest BCUT2D eigenvalue weighted by Crippen LogP contribution is -2.36. The number of carboxylic acids is 1. The van der Waals surface area contributed by atoms with Crippen LogP contribution in [0.15, 0.2) is 23.1 Å². The van der Waals surface area contributed by atoms with E-state index in [2.05, 4.69) is 0 Å². The van der Waals surface area contributed by atoms with Crippen LogP contribution in [-0.2, 0) is 10.0 Å². The van der Waals surface area contributed by atoms with Crippen LogP contribution in [0.3, 0.4) is 0 Å². The summed E-state index contributed by atoms with van der Waals surface area (Å²) in [4.78, 5) is 11.1. The van der Waals surface area contributed by atoms with Gasteiger partial charge in [-0.3, -0.25) is 0 Å². The molecule has 0 aliphatic heterocycles. The minimum atomic E-state index is -3.69. The molecule has 1 rings (SSSR count). The third kappa shape index (κ3) is 4.40. The minimum absolute atomic E-state index is 0.00147. The zero-order valence-corrected chi connectivity index (χ0v) is 15.5. The topological polar surface area (TPSA) is 74.7 Å². The summed E-state index contributed by atoms with van der Waals surface area (Å²) >= 11 is 1.88. The number of carbonyl (C=O) groups is 1. The number of rotatable bonds is 6. The summed E-state index contributed by atoms with van der Waals surface area (Å²) in [6.45, 7) is 5.91. The first-order valence-corrected chi connectivity index (χ1v) is 9.10. The fourth-order valence-corrected chi connectivity index (χ4v) is 4.03. The van der Waals surface area contributed by atoms with Gasteiger partial charge in [-0.25, -0.2) is 13.2 Å². The summed E-state index contributed by atoms with van der Waals surface area (Å²) in [5.74, 6) is -0.752. The lowest BCUT2D eigenvalue weighted by Gasteiger charge is -2.25. The van der Waals surface area contributed by atoms with Gasteiger partial charge in [0.05, 0.1) is 10.5 Å². The third-order valence-electron chi connectivity index (χ3n) is 3.28. The predicted molar refractivity (Wildman–Crippen MR) is 90.0 cm³/mol. The summed E-state index contributed by atoms with van der Waals surface area (Å²) in [6.07, 6.45) is 0.742. The second kappa shape index (κ2) is 7.06. The Morgan fingerprint density at radius 1 is 1.33 bits per heavy atom. The van der Waals surface area contributed by atoms with Crippen LogP contribution in [-0.4, -0.2) is 36.9 Å². The molecular weight excluding hydrogens is 405 g/mol. The molecule has 21 heavy (non-hydrogen) atoms. The number of hydrogen-bond acceptors (Lipinski definition) is 3. The van der Waals surface area contributed by atoms with Crippen molar-refractivity contribution >= 4 is 38.6 Å². The summed E-state index contributed by atoms with van der Waals surface area (Å²) in [5, 5.41) is 9.11. The second-order valence-corrected chi connectivity index (χ2v) is 8.61. The lowest BCUT2D eigenvalue weighted by molar-refractivity contribution is 0.0695. The standard InChI is InChI=1S/C14H20INO4S/c1-9(2)7-10(3)16(4)21(19,20)11-5-6-13(15)12(8-11)14(17)18/h5-6,8-10H,7H2,1-4H3,(H,17,18). The molecule has 0 fully saturated rings. The first-order chi connectivity index (χ1) is 9.57. The SMILES string of the molecule is CC(C)CC(C)N(C)S(=O)(=O)c1ccc(I)c(C(=O)O)c1. The van der Waals surface area contributed by atoms with E-state index in [1.807, 2.05) is 43.4 Å². The van der Waals surface area contributed by atoms with E-state index in [1.54, 1.807) is 0 Å². The van der Waals surface area contributed by atoms with Crippen molar-refractivity contribution in [1.29, 1.82) is 0 Å². The van der Waals surface area contributed by atoms with Crippen molar-refractivity contribution in [2.24, 2.45) is 5.92 Å². The average Bonchev–Trinajstić information content (AvgIpc) is 2.36. The molecule has 0 spiro atoms. The maximum atomic E-state index is 12.6. The van der Waals surface area contributed by atoms with E-state index in [0.29, 0.717) is 9.49 Å². The van der Waals surface area contributed by atoms with Gasteiger partial charge in [-0.15, -0.1) is 0 Å². The Balaban J connectivity index is 3.19. The summed E-state index contributed by atoms with van der Waals surface area (Å²) in [6, 6.07) is 4.03. The molecule has 1 aromatic carbocycles. The maximum absolute atomic E-state index is 12.6. The van der Waals surface area contributed by atoms with E-state index in [-0.39, 0.29) is 16.5 Å². The van der Waals surface area contributed by atoms with Gasteiger partial charge < -0.3 is 5.11 Å². The molecule has 0 amide bonds. The van der Waals surface area contributed by atoms with Crippen molar-refractivity contribution < 1.29 is 18.3 Å². The van der Waals surface area contributed by atoms with Crippen LogP contribution >= 0.6 is 22.6 Å². The fourth-order valence-electron chi connectivity index (χ4n) is 2.06. The number of benzene rings is 1. The first-order valence-electron chi connectivity index (χ1n) is 6.58. The molecule has 0 radical (unpaired) electrons. The van der Waals surface area contributed by atoms with Gasteiger partial charge in [-0.2, -0.15) is 4.31 Å². The van der Waals surface area contributed by atoms with Gasteiger partial charge in [-0.05, 0) is 60.1 Å². The Bertz CT molecular complexity index is 628. The highest BCUT2D eigenvalue weighted by Crippen LogP contribution is 2.23. The molecule has 5 nitrogen and oxygen atoms in total. The van der Waals surface area contributed by atoms with E-state index in [1.165, 1.54) is 29.6 Å². The molecule has 0 bridgehead atoms. The molecule has 1 N–H and O–H groups in total. The van der Waals surface area contributed by atoms with E-state index < -0.39 is 16.0 Å². The van der Waals surface area contributed by atoms with Crippen LogP contribution in [0.5, 0.6) is 0 Å². The molecule has 0 aromatic heterocycles. The number of sulfonamides is 1. The van der Waals surface area contributed by atoms with Gasteiger partial charge in [0.2, 0.25) is 10.0 Å². The van der Waals surface area contributed by atoms with Gasteiger partial charge in [-0.1, -0.05) is 13.8 Å². The van der Waals surface area contributed by atoms with Crippen molar-refractivity contribution in [1.82, 2.24) is 4.31 Å². The second-order valence-electron chi connectivity index (χ2n) is 5.45. The number of hydrogen-bond donors (Lipinski definition) is 1. The molecular formula is C14H20INO4S. The molecule has 7 heteroatoms. The summed E-state index contributed by atoms with van der Waals surface area (Å²) < 4.78 is 27.0. The van der Waals surface area contributed by atoms with Crippen LogP contribution in [0.1, 0.15) is 37.6 Å². The lowest BCUT2D eigenvalue weighted by atomic mass is 10.1. The highest BCUT2D eigenvalue weighted by Gasteiger charge is 2.27. The fraction of sp³-hybridized carbons (Fsp3) is 0.500. The van der Waals surface area contributed by atoms with Crippen molar-refractivity contribution in [2.75, 3.05) is 7.05 Å². The zero-order chi connectivity index (χ0) is 16.4. The first kappa shape index (κ1) is 18.4. The van der Waals surface area contributed by atoms with E-state index in [4.69, 9.17) is 5.11 Å². The van der Waals surface area contributed by atoms with Gasteiger partial charge in [0.1, 0.15) is 0 Å². The maximum Gasteiger partial charge on any atom is 0.336 e. The number of halogens is 1. The summed E-state index contributed by atoms with van der Waals surface area (Å²) in [7, 11) is -2.16. The molecule has 118 valence electrons. The number of nitrogens with zero attached hydrogens (tertiary/aromatic N) is 1. The molecule has 1 atom stereocenters. The number of carboxylic acid groups (broad SMARTS) is 1. The largest absolute Gasteiger partial charge is 0.478 e. The van der Waals surface area contributed by atoms with Crippen LogP contribution < -0.4 is 0 Å². The predicted octanol–water partition coefficient (Wildman–Crippen LogP) is 3.04. The Hall–Kier alpha value is -0.670. The van der Waals surface area contributed by atoms with Crippen LogP contribution in [0, 0.1) is 9.49 Å². The normalized spacial score (nSPS) is 13.7. The van der Waals surface area contributed by atoms with Gasteiger partial charge in [0.15, 0.2) is 0 Å². The molecule has 0 saturated heterocycles. The third-order valence-corrected chi connectivity index (χ3v) is 6.19. The Morgan fingerprint density at radius 3 is 2.38 bits per heavy atom. The van der Waals surface area contributed by atoms with Crippen LogP contribution in [0.4, 0.5) is 0 Å². The Morgan fingerprint density at radius 2 is 1.90 bits per heavy atom. The smallest absolute Gasteiger partial charge is 0.336 e. The van der Waals surface area contributed by atoms with Crippen molar-refractivity contribution in [3.63, 3.8) is 0 Å². The molecule has 1 unspecified atom stereocenters. The molecule has 0 aliphatic rings. The monoisotopic (exact) mass is 425 g/mol. The molecule has 1 aromatic rings. The Kier molecular flexibility index (Phi) is 6.18.